The molecule has 1 fully saturated rings. The maximum Gasteiger partial charge on any atom is 0.253 e. The molecule has 0 aliphatic carbocycles. The third-order valence-corrected chi connectivity index (χ3v) is 5.15. The topological polar surface area (TPSA) is 69.7 Å². The van der Waals surface area contributed by atoms with Gasteiger partial charge in [-0.3, -0.25) is 14.4 Å². The van der Waals surface area contributed by atoms with Crippen LogP contribution in [0.4, 0.5) is 11.4 Å². The standard InChI is InChI=1S/C23H27N3O3/c1-15(2)17-6-5-7-20(12-17)26-14-18(13-21(26)27)22(28)24-19-10-8-16(9-11-19)23(29)25(3)4/h5-12,15,18H,13-14H2,1-4H3,(H,24,28)/t18-/m1/s1. The summed E-state index contributed by atoms with van der Waals surface area (Å²) in [7, 11) is 3.38. The molecule has 1 aliphatic heterocycles. The molecular formula is C23H27N3O3. The summed E-state index contributed by atoms with van der Waals surface area (Å²) < 4.78 is 0. The van der Waals surface area contributed by atoms with Gasteiger partial charge in [0.15, 0.2) is 0 Å². The van der Waals surface area contributed by atoms with Crippen LogP contribution in [-0.4, -0.2) is 43.3 Å². The zero-order valence-electron chi connectivity index (χ0n) is 17.3. The summed E-state index contributed by atoms with van der Waals surface area (Å²) in [5.74, 6) is -0.364. The van der Waals surface area contributed by atoms with Crippen molar-refractivity contribution in [1.29, 1.82) is 0 Å². The van der Waals surface area contributed by atoms with E-state index in [1.54, 1.807) is 43.3 Å². The van der Waals surface area contributed by atoms with E-state index < -0.39 is 5.92 Å². The molecule has 0 bridgehead atoms. The third-order valence-electron chi connectivity index (χ3n) is 5.15. The fourth-order valence-electron chi connectivity index (χ4n) is 3.38. The number of benzene rings is 2. The van der Waals surface area contributed by atoms with Crippen molar-refractivity contribution in [2.24, 2.45) is 5.92 Å². The van der Waals surface area contributed by atoms with E-state index in [4.69, 9.17) is 0 Å². The van der Waals surface area contributed by atoms with Gasteiger partial charge in [-0.25, -0.2) is 0 Å². The molecular weight excluding hydrogens is 366 g/mol. The summed E-state index contributed by atoms with van der Waals surface area (Å²) in [6.07, 6.45) is 0.189. The molecule has 1 heterocycles. The van der Waals surface area contributed by atoms with Crippen molar-refractivity contribution in [3.05, 3.63) is 59.7 Å². The summed E-state index contributed by atoms with van der Waals surface area (Å²) in [5.41, 5.74) is 3.16. The van der Waals surface area contributed by atoms with Gasteiger partial charge in [0.25, 0.3) is 5.91 Å². The highest BCUT2D eigenvalue weighted by Gasteiger charge is 2.35. The quantitative estimate of drug-likeness (QED) is 0.845. The zero-order chi connectivity index (χ0) is 21.1. The zero-order valence-corrected chi connectivity index (χ0v) is 17.3. The number of rotatable bonds is 5. The highest BCUT2D eigenvalue weighted by Crippen LogP contribution is 2.28. The minimum absolute atomic E-state index is 0.0435. The molecule has 152 valence electrons. The second-order valence-corrected chi connectivity index (χ2v) is 7.92. The highest BCUT2D eigenvalue weighted by atomic mass is 16.2. The molecule has 0 aromatic heterocycles. The lowest BCUT2D eigenvalue weighted by atomic mass is 10.0. The third kappa shape index (κ3) is 4.65. The van der Waals surface area contributed by atoms with Crippen molar-refractivity contribution in [1.82, 2.24) is 4.90 Å². The van der Waals surface area contributed by atoms with E-state index in [1.807, 2.05) is 24.3 Å². The van der Waals surface area contributed by atoms with Crippen LogP contribution in [0.15, 0.2) is 48.5 Å². The summed E-state index contributed by atoms with van der Waals surface area (Å²) in [6, 6.07) is 14.7. The van der Waals surface area contributed by atoms with Crippen LogP contribution in [-0.2, 0) is 9.59 Å². The van der Waals surface area contributed by atoms with E-state index >= 15 is 0 Å². The van der Waals surface area contributed by atoms with Gasteiger partial charge in [0.1, 0.15) is 0 Å². The molecule has 0 saturated carbocycles. The Hall–Kier alpha value is -3.15. The average Bonchev–Trinajstić information content (AvgIpc) is 3.10. The predicted molar refractivity (Wildman–Crippen MR) is 114 cm³/mol. The number of carbonyl (C=O) groups excluding carboxylic acids is 3. The molecule has 0 unspecified atom stereocenters. The Morgan fingerprint density at radius 2 is 1.79 bits per heavy atom. The second kappa shape index (κ2) is 8.47. The first-order chi connectivity index (χ1) is 13.8. The van der Waals surface area contributed by atoms with Crippen molar-refractivity contribution in [2.45, 2.75) is 26.2 Å². The van der Waals surface area contributed by atoms with Gasteiger partial charge in [-0.2, -0.15) is 0 Å². The maximum absolute atomic E-state index is 12.7. The summed E-state index contributed by atoms with van der Waals surface area (Å²) in [6.45, 7) is 4.58. The van der Waals surface area contributed by atoms with Crippen LogP contribution in [0.1, 0.15) is 42.1 Å². The van der Waals surface area contributed by atoms with Crippen LogP contribution in [0, 0.1) is 5.92 Å². The van der Waals surface area contributed by atoms with Gasteiger partial charge in [-0.05, 0) is 47.9 Å². The summed E-state index contributed by atoms with van der Waals surface area (Å²) >= 11 is 0. The van der Waals surface area contributed by atoms with Crippen LogP contribution in [0.2, 0.25) is 0 Å². The molecule has 2 aromatic rings. The number of nitrogens with one attached hydrogen (secondary N) is 1. The van der Waals surface area contributed by atoms with Gasteiger partial charge in [0.2, 0.25) is 11.8 Å². The molecule has 1 atom stereocenters. The highest BCUT2D eigenvalue weighted by molar-refractivity contribution is 6.03. The maximum atomic E-state index is 12.7. The van der Waals surface area contributed by atoms with Crippen LogP contribution < -0.4 is 10.2 Å². The minimum Gasteiger partial charge on any atom is -0.345 e. The van der Waals surface area contributed by atoms with E-state index in [0.717, 1.165) is 11.3 Å². The molecule has 2 aromatic carbocycles. The Labute approximate surface area is 171 Å². The molecule has 0 spiro atoms. The number of hydrogen-bond donors (Lipinski definition) is 1. The van der Waals surface area contributed by atoms with Crippen LogP contribution in [0.25, 0.3) is 0 Å². The Balaban J connectivity index is 1.66. The SMILES string of the molecule is CC(C)c1cccc(N2C[C@H](C(=O)Nc3ccc(C(=O)N(C)C)cc3)CC2=O)c1. The first kappa shape index (κ1) is 20.6. The molecule has 1 aliphatic rings. The Kier molecular flexibility index (Phi) is 6.01. The Bertz CT molecular complexity index is 919. The van der Waals surface area contributed by atoms with Gasteiger partial charge >= 0.3 is 0 Å². The molecule has 29 heavy (non-hydrogen) atoms. The van der Waals surface area contributed by atoms with Crippen molar-refractivity contribution in [3.8, 4) is 0 Å². The van der Waals surface area contributed by atoms with Gasteiger partial charge in [-0.15, -0.1) is 0 Å². The fraction of sp³-hybridized carbons (Fsp3) is 0.348. The molecule has 1 saturated heterocycles. The normalized spacial score (nSPS) is 16.2. The Morgan fingerprint density at radius 3 is 2.41 bits per heavy atom. The number of carbonyl (C=O) groups is 3. The summed E-state index contributed by atoms with van der Waals surface area (Å²) in [4.78, 5) is 40.3. The van der Waals surface area contributed by atoms with Crippen LogP contribution >= 0.6 is 0 Å². The Morgan fingerprint density at radius 1 is 1.10 bits per heavy atom. The number of amides is 3. The van der Waals surface area contributed by atoms with E-state index in [0.29, 0.717) is 23.7 Å². The van der Waals surface area contributed by atoms with E-state index in [-0.39, 0.29) is 24.1 Å². The van der Waals surface area contributed by atoms with Crippen LogP contribution in [0.3, 0.4) is 0 Å². The van der Waals surface area contributed by atoms with Gasteiger partial charge in [0, 0.05) is 44.0 Å². The first-order valence-corrected chi connectivity index (χ1v) is 9.79. The number of anilines is 2. The van der Waals surface area contributed by atoms with Crippen molar-refractivity contribution in [3.63, 3.8) is 0 Å². The molecule has 6 nitrogen and oxygen atoms in total. The molecule has 6 heteroatoms. The fourth-order valence-corrected chi connectivity index (χ4v) is 3.38. The number of nitrogens with zero attached hydrogens (tertiary/aromatic N) is 2. The molecule has 3 rings (SSSR count). The lowest BCUT2D eigenvalue weighted by molar-refractivity contribution is -0.122. The second-order valence-electron chi connectivity index (χ2n) is 7.92. The van der Waals surface area contributed by atoms with Crippen molar-refractivity contribution >= 4 is 29.1 Å². The van der Waals surface area contributed by atoms with E-state index in [2.05, 4.69) is 19.2 Å². The largest absolute Gasteiger partial charge is 0.345 e. The molecule has 1 N–H and O–H groups in total. The smallest absolute Gasteiger partial charge is 0.253 e. The van der Waals surface area contributed by atoms with Gasteiger partial charge < -0.3 is 15.1 Å². The average molecular weight is 393 g/mol. The lowest BCUT2D eigenvalue weighted by Crippen LogP contribution is -2.28. The van der Waals surface area contributed by atoms with E-state index in [1.165, 1.54) is 4.90 Å². The predicted octanol–water partition coefficient (Wildman–Crippen LogP) is 3.50. The van der Waals surface area contributed by atoms with Crippen molar-refractivity contribution in [2.75, 3.05) is 30.9 Å². The van der Waals surface area contributed by atoms with Gasteiger partial charge in [0.05, 0.1) is 5.92 Å². The van der Waals surface area contributed by atoms with Gasteiger partial charge in [-0.1, -0.05) is 26.0 Å². The molecule has 0 radical (unpaired) electrons. The lowest BCUT2D eigenvalue weighted by Gasteiger charge is -2.18. The first-order valence-electron chi connectivity index (χ1n) is 9.79. The van der Waals surface area contributed by atoms with Crippen molar-refractivity contribution < 1.29 is 14.4 Å². The molecule has 3 amide bonds. The monoisotopic (exact) mass is 393 g/mol. The van der Waals surface area contributed by atoms with E-state index in [9.17, 15) is 14.4 Å². The van der Waals surface area contributed by atoms with Crippen LogP contribution in [0.5, 0.6) is 0 Å². The summed E-state index contributed by atoms with van der Waals surface area (Å²) in [5, 5.41) is 2.86. The minimum atomic E-state index is -0.409. The number of hydrogen-bond acceptors (Lipinski definition) is 3.